The van der Waals surface area contributed by atoms with Crippen molar-refractivity contribution in [3.8, 4) is 0 Å². The Morgan fingerprint density at radius 2 is 2.22 bits per heavy atom. The number of para-hydroxylation sites is 1. The number of hydrogen-bond donors (Lipinski definition) is 2. The number of primary amides is 1. The summed E-state index contributed by atoms with van der Waals surface area (Å²) in [4.78, 5) is 29.9. The third-order valence-corrected chi connectivity index (χ3v) is 5.04. The second-order valence-corrected chi connectivity index (χ2v) is 6.32. The predicted molar refractivity (Wildman–Crippen MR) is 82.0 cm³/mol. The lowest BCUT2D eigenvalue weighted by Gasteiger charge is -2.23. The van der Waals surface area contributed by atoms with Crippen LogP contribution in [-0.2, 0) is 9.63 Å². The highest BCUT2D eigenvalue weighted by Gasteiger charge is 2.49. The third kappa shape index (κ3) is 2.28. The summed E-state index contributed by atoms with van der Waals surface area (Å²) in [6.07, 6.45) is 4.77. The quantitative estimate of drug-likeness (QED) is 0.887. The van der Waals surface area contributed by atoms with Crippen molar-refractivity contribution in [1.82, 2.24) is 15.3 Å². The first-order valence-corrected chi connectivity index (χ1v) is 7.85. The zero-order chi connectivity index (χ0) is 16.0. The maximum atomic E-state index is 12.5. The van der Waals surface area contributed by atoms with Crippen LogP contribution in [0.3, 0.4) is 0 Å². The Bertz CT molecular complexity index is 772. The summed E-state index contributed by atoms with van der Waals surface area (Å²) in [5, 5.41) is 9.07. The van der Waals surface area contributed by atoms with Crippen LogP contribution in [0.5, 0.6) is 0 Å². The molecule has 2 aliphatic rings. The third-order valence-electron chi connectivity index (χ3n) is 5.04. The Balaban J connectivity index is 1.59. The van der Waals surface area contributed by atoms with E-state index in [0.29, 0.717) is 23.5 Å². The first-order chi connectivity index (χ1) is 11.1. The molecule has 1 saturated carbocycles. The molecule has 3 atom stereocenters. The van der Waals surface area contributed by atoms with Crippen molar-refractivity contribution in [3.63, 3.8) is 0 Å². The summed E-state index contributed by atoms with van der Waals surface area (Å²) < 4.78 is 0. The number of nitrogens with one attached hydrogen (secondary N) is 1. The fourth-order valence-corrected chi connectivity index (χ4v) is 4.01. The van der Waals surface area contributed by atoms with E-state index in [1.165, 1.54) is 5.06 Å². The van der Waals surface area contributed by atoms with Gasteiger partial charge in [-0.05, 0) is 30.7 Å². The Labute approximate surface area is 132 Å². The van der Waals surface area contributed by atoms with Gasteiger partial charge in [0.1, 0.15) is 6.04 Å². The molecule has 23 heavy (non-hydrogen) atoms. The van der Waals surface area contributed by atoms with Crippen LogP contribution in [0, 0.1) is 11.8 Å². The lowest BCUT2D eigenvalue weighted by molar-refractivity contribution is -0.149. The minimum absolute atomic E-state index is 0.197. The number of benzene rings is 1. The summed E-state index contributed by atoms with van der Waals surface area (Å²) in [5.74, 6) is -0.343. The molecular weight excluding hydrogens is 296 g/mol. The molecule has 3 unspecified atom stereocenters. The average molecular weight is 314 g/mol. The molecule has 0 radical (unpaired) electrons. The molecule has 2 heterocycles. The molecule has 1 aromatic carbocycles. The SMILES string of the molecule is NC(=O)C1C2CCCC2CN1OC(=O)c1cccc2cn[nH]c12. The molecule has 7 heteroatoms. The van der Waals surface area contributed by atoms with E-state index < -0.39 is 17.9 Å². The largest absolute Gasteiger partial charge is 0.368 e. The number of amides is 1. The van der Waals surface area contributed by atoms with Gasteiger partial charge >= 0.3 is 5.97 Å². The summed E-state index contributed by atoms with van der Waals surface area (Å²) in [6, 6.07) is 4.80. The molecule has 2 aromatic rings. The van der Waals surface area contributed by atoms with Gasteiger partial charge in [-0.3, -0.25) is 9.89 Å². The van der Waals surface area contributed by atoms with Crippen molar-refractivity contribution >= 4 is 22.8 Å². The molecule has 2 fully saturated rings. The van der Waals surface area contributed by atoms with E-state index in [2.05, 4.69) is 10.2 Å². The highest BCUT2D eigenvalue weighted by molar-refractivity contribution is 6.02. The molecule has 1 aliphatic carbocycles. The van der Waals surface area contributed by atoms with E-state index in [0.717, 1.165) is 24.6 Å². The highest BCUT2D eigenvalue weighted by atomic mass is 16.7. The highest BCUT2D eigenvalue weighted by Crippen LogP contribution is 2.42. The Hall–Kier alpha value is -2.41. The van der Waals surface area contributed by atoms with E-state index in [1.807, 2.05) is 6.07 Å². The van der Waals surface area contributed by atoms with Gasteiger partial charge in [0.2, 0.25) is 5.91 Å². The number of aromatic amines is 1. The van der Waals surface area contributed by atoms with Gasteiger partial charge in [0, 0.05) is 11.9 Å². The summed E-state index contributed by atoms with van der Waals surface area (Å²) in [6.45, 7) is 0.572. The fraction of sp³-hybridized carbons (Fsp3) is 0.438. The number of carbonyl (C=O) groups excluding carboxylic acids is 2. The summed E-state index contributed by atoms with van der Waals surface area (Å²) in [7, 11) is 0. The molecule has 4 rings (SSSR count). The zero-order valence-corrected chi connectivity index (χ0v) is 12.6. The first kappa shape index (κ1) is 14.2. The number of nitrogens with two attached hydrogens (primary N) is 1. The van der Waals surface area contributed by atoms with Crippen LogP contribution in [0.15, 0.2) is 24.4 Å². The normalized spacial score (nSPS) is 27.2. The summed E-state index contributed by atoms with van der Waals surface area (Å²) in [5.41, 5.74) is 6.58. The van der Waals surface area contributed by atoms with Crippen molar-refractivity contribution in [3.05, 3.63) is 30.0 Å². The van der Waals surface area contributed by atoms with Gasteiger partial charge in [0.15, 0.2) is 0 Å². The van der Waals surface area contributed by atoms with Crippen LogP contribution in [-0.4, -0.2) is 39.7 Å². The zero-order valence-electron chi connectivity index (χ0n) is 12.6. The molecule has 1 saturated heterocycles. The lowest BCUT2D eigenvalue weighted by atomic mass is 9.94. The van der Waals surface area contributed by atoms with Crippen LogP contribution in [0.25, 0.3) is 10.9 Å². The molecule has 0 spiro atoms. The van der Waals surface area contributed by atoms with Crippen molar-refractivity contribution in [2.75, 3.05) is 6.54 Å². The predicted octanol–water partition coefficient (Wildman–Crippen LogP) is 1.22. The van der Waals surface area contributed by atoms with E-state index in [1.54, 1.807) is 18.3 Å². The van der Waals surface area contributed by atoms with Crippen molar-refractivity contribution in [2.45, 2.75) is 25.3 Å². The number of nitrogens with zero attached hydrogens (tertiary/aromatic N) is 2. The number of fused-ring (bicyclic) bond motifs is 2. The fourth-order valence-electron chi connectivity index (χ4n) is 4.01. The number of carbonyl (C=O) groups is 2. The second-order valence-electron chi connectivity index (χ2n) is 6.32. The van der Waals surface area contributed by atoms with Gasteiger partial charge in [-0.25, -0.2) is 4.79 Å². The molecule has 1 amide bonds. The summed E-state index contributed by atoms with van der Waals surface area (Å²) >= 11 is 0. The standard InChI is InChI=1S/C16H18N4O3/c17-15(21)14-11-5-2-4-10(11)8-20(14)23-16(22)12-6-1-3-9-7-18-19-13(9)12/h1,3,6-7,10-11,14H,2,4-5,8H2,(H2,17,21)(H,18,19). The molecule has 1 aromatic heterocycles. The second kappa shape index (κ2) is 5.34. The maximum Gasteiger partial charge on any atom is 0.359 e. The number of H-pyrrole nitrogens is 1. The van der Waals surface area contributed by atoms with Crippen LogP contribution >= 0.6 is 0 Å². The van der Waals surface area contributed by atoms with Crippen molar-refractivity contribution < 1.29 is 14.4 Å². The number of rotatable bonds is 3. The molecule has 3 N–H and O–H groups in total. The Kier molecular flexibility index (Phi) is 3.30. The lowest BCUT2D eigenvalue weighted by Crippen LogP contribution is -2.44. The Morgan fingerprint density at radius 1 is 1.35 bits per heavy atom. The van der Waals surface area contributed by atoms with Gasteiger partial charge < -0.3 is 10.6 Å². The average Bonchev–Trinajstić information content (AvgIpc) is 3.20. The van der Waals surface area contributed by atoms with E-state index in [4.69, 9.17) is 10.6 Å². The number of hydroxylamine groups is 2. The van der Waals surface area contributed by atoms with Gasteiger partial charge in [-0.15, -0.1) is 5.06 Å². The van der Waals surface area contributed by atoms with Crippen LogP contribution in [0.1, 0.15) is 29.6 Å². The number of hydrogen-bond acceptors (Lipinski definition) is 5. The Morgan fingerprint density at radius 3 is 3.04 bits per heavy atom. The minimum Gasteiger partial charge on any atom is -0.368 e. The van der Waals surface area contributed by atoms with Gasteiger partial charge in [-0.1, -0.05) is 18.6 Å². The molecule has 1 aliphatic heterocycles. The maximum absolute atomic E-state index is 12.5. The molecule has 120 valence electrons. The van der Waals surface area contributed by atoms with E-state index in [-0.39, 0.29) is 5.92 Å². The molecule has 0 bridgehead atoms. The van der Waals surface area contributed by atoms with Gasteiger partial charge in [0.05, 0.1) is 17.3 Å². The van der Waals surface area contributed by atoms with Crippen molar-refractivity contribution in [2.24, 2.45) is 17.6 Å². The van der Waals surface area contributed by atoms with E-state index >= 15 is 0 Å². The monoisotopic (exact) mass is 314 g/mol. The number of aromatic nitrogens is 2. The van der Waals surface area contributed by atoms with Crippen LogP contribution in [0.2, 0.25) is 0 Å². The van der Waals surface area contributed by atoms with E-state index in [9.17, 15) is 9.59 Å². The first-order valence-electron chi connectivity index (χ1n) is 7.85. The molecular formula is C16H18N4O3. The van der Waals surface area contributed by atoms with Crippen LogP contribution in [0.4, 0.5) is 0 Å². The topological polar surface area (TPSA) is 101 Å². The van der Waals surface area contributed by atoms with Crippen molar-refractivity contribution in [1.29, 1.82) is 0 Å². The van der Waals surface area contributed by atoms with Crippen LogP contribution < -0.4 is 5.73 Å². The molecule has 7 nitrogen and oxygen atoms in total. The smallest absolute Gasteiger partial charge is 0.359 e. The minimum atomic E-state index is -0.521. The van der Waals surface area contributed by atoms with Gasteiger partial charge in [0.25, 0.3) is 0 Å². The van der Waals surface area contributed by atoms with Gasteiger partial charge in [-0.2, -0.15) is 5.10 Å².